The summed E-state index contributed by atoms with van der Waals surface area (Å²) in [4.78, 5) is 115. The summed E-state index contributed by atoms with van der Waals surface area (Å²) in [6, 6.07) is 9.36. The summed E-state index contributed by atoms with van der Waals surface area (Å²) < 4.78 is 0. The second-order valence-electron chi connectivity index (χ2n) is 22.9. The molecule has 0 spiro atoms. The van der Waals surface area contributed by atoms with Crippen LogP contribution in [-0.2, 0) is 51.2 Å². The Morgan fingerprint density at radius 3 is 1.49 bits per heavy atom. The SMILES string of the molecule is CN[C@@H](C)C(=O)NC(C(=O)N1C[C@@H](CC(=O)C(O)CC(=O)N[C@H]2C[C@@H](C(=O)N[C@@H]3CCCc4ccccc43)N(C(=O)[C@@H](NC(=O)[C@H](C)NC)C(C)(C)C)C2)CC1C(=O)N[C@@H]1CCCc2ccccc21)C(C)(C)C.Cl.Cl. The number of ketones is 1. The summed E-state index contributed by atoms with van der Waals surface area (Å²) in [5.74, 6) is -4.38. The Labute approximate surface area is 455 Å². The van der Waals surface area contributed by atoms with E-state index in [1.165, 1.54) is 9.80 Å². The number of Topliss-reactive ketones (excluding diaryl/α,β-unsaturated/α-hetero) is 1. The fourth-order valence-electron chi connectivity index (χ4n) is 10.8. The van der Waals surface area contributed by atoms with Crippen molar-refractivity contribution in [1.82, 2.24) is 47.0 Å². The van der Waals surface area contributed by atoms with Crippen LogP contribution in [0.15, 0.2) is 48.5 Å². The van der Waals surface area contributed by atoms with Crippen molar-refractivity contribution in [1.29, 1.82) is 0 Å². The predicted octanol–water partition coefficient (Wildman–Crippen LogP) is 3.51. The molecular formula is C55H83Cl2N9O9. The van der Waals surface area contributed by atoms with Crippen LogP contribution in [0.2, 0.25) is 0 Å². The number of carbonyl (C=O) groups is 8. The number of amides is 7. The normalized spacial score (nSPS) is 23.2. The molecule has 11 atom stereocenters. The van der Waals surface area contributed by atoms with Crippen molar-refractivity contribution in [3.63, 3.8) is 0 Å². The number of nitrogens with one attached hydrogen (secondary N) is 7. The summed E-state index contributed by atoms with van der Waals surface area (Å²) >= 11 is 0. The van der Waals surface area contributed by atoms with Gasteiger partial charge >= 0.3 is 0 Å². The molecule has 0 bridgehead atoms. The molecule has 0 aromatic heterocycles. The molecule has 20 heteroatoms. The van der Waals surface area contributed by atoms with Crippen LogP contribution in [0.1, 0.15) is 141 Å². The van der Waals surface area contributed by atoms with Crippen LogP contribution >= 0.6 is 24.8 Å². The summed E-state index contributed by atoms with van der Waals surface area (Å²) in [5.41, 5.74) is 2.80. The largest absolute Gasteiger partial charge is 0.385 e. The van der Waals surface area contributed by atoms with Crippen LogP contribution in [0.25, 0.3) is 0 Å². The van der Waals surface area contributed by atoms with Gasteiger partial charge in [0.15, 0.2) is 5.78 Å². The van der Waals surface area contributed by atoms with Gasteiger partial charge in [0.05, 0.1) is 30.6 Å². The molecule has 2 aromatic carbocycles. The Kier molecular flexibility index (Phi) is 22.3. The van der Waals surface area contributed by atoms with Gasteiger partial charge < -0.3 is 52.1 Å². The van der Waals surface area contributed by atoms with Crippen LogP contribution in [0.3, 0.4) is 0 Å². The van der Waals surface area contributed by atoms with Crippen LogP contribution in [-0.4, -0.2) is 138 Å². The Morgan fingerprint density at radius 1 is 0.627 bits per heavy atom. The van der Waals surface area contributed by atoms with E-state index in [4.69, 9.17) is 0 Å². The molecule has 7 amide bonds. The minimum atomic E-state index is -1.74. The number of rotatable bonds is 18. The molecule has 8 N–H and O–H groups in total. The van der Waals surface area contributed by atoms with E-state index in [9.17, 15) is 43.5 Å². The van der Waals surface area contributed by atoms with Gasteiger partial charge in [0.2, 0.25) is 41.4 Å². The Balaban J connectivity index is 0.00000608. The van der Waals surface area contributed by atoms with Gasteiger partial charge in [-0.3, -0.25) is 38.4 Å². The van der Waals surface area contributed by atoms with Crippen molar-refractivity contribution in [2.75, 3.05) is 27.2 Å². The summed E-state index contributed by atoms with van der Waals surface area (Å²) in [5, 5.41) is 32.1. The summed E-state index contributed by atoms with van der Waals surface area (Å²) in [7, 11) is 3.28. The van der Waals surface area contributed by atoms with Crippen molar-refractivity contribution >= 4 is 71.9 Å². The van der Waals surface area contributed by atoms with Crippen LogP contribution in [0.4, 0.5) is 0 Å². The first kappa shape index (κ1) is 62.4. The van der Waals surface area contributed by atoms with Gasteiger partial charge in [-0.05, 0) is 118 Å². The standard InChI is InChI=1S/C55H81N9O9.2ClH/c1-31(56-9)48(68)61-46(54(3,4)5)52(72)63-29-33(25-41(63)50(70)59-39-23-15-19-34-17-11-13-21-37(34)39)26-43(65)44(66)28-45(67)58-36-27-42(51(71)60-40-24-16-20-35-18-12-14-22-38(35)40)64(30-36)53(73)47(55(6,7)8)62-49(69)32(2)57-10;;/h11-14,17-18,21-22,31-33,36,39-42,44,46-47,56-57,66H,15-16,19-20,23-30H2,1-10H3,(H,58,67)(H,59,70)(H,60,71)(H,61,68)(H,62,69);2*1H/t31-,32-,33+,36-,39+,40+,41?,42-,44?,46?,47+;;/m0../s1. The fourth-order valence-corrected chi connectivity index (χ4v) is 10.8. The van der Waals surface area contributed by atoms with E-state index in [0.29, 0.717) is 12.8 Å². The Morgan fingerprint density at radius 2 is 1.05 bits per heavy atom. The van der Waals surface area contributed by atoms with E-state index in [-0.39, 0.29) is 81.1 Å². The lowest BCUT2D eigenvalue weighted by atomic mass is 9.85. The van der Waals surface area contributed by atoms with Gasteiger partial charge in [-0.25, -0.2) is 0 Å². The second-order valence-corrected chi connectivity index (χ2v) is 22.9. The minimum Gasteiger partial charge on any atom is -0.385 e. The van der Waals surface area contributed by atoms with Gasteiger partial charge in [-0.1, -0.05) is 90.1 Å². The first-order valence-electron chi connectivity index (χ1n) is 26.2. The molecule has 4 aliphatic rings. The van der Waals surface area contributed by atoms with Gasteiger partial charge in [-0.2, -0.15) is 0 Å². The number of likely N-dealkylation sites (N-methyl/N-ethyl adjacent to an activating group) is 2. The first-order valence-corrected chi connectivity index (χ1v) is 26.2. The zero-order valence-electron chi connectivity index (χ0n) is 45.4. The van der Waals surface area contributed by atoms with E-state index in [1.807, 2.05) is 90.1 Å². The molecule has 416 valence electrons. The van der Waals surface area contributed by atoms with Gasteiger partial charge in [-0.15, -0.1) is 24.8 Å². The van der Waals surface area contributed by atoms with Gasteiger partial charge in [0.1, 0.15) is 30.3 Å². The van der Waals surface area contributed by atoms with Gasteiger partial charge in [0.25, 0.3) is 0 Å². The number of fused-ring (bicyclic) bond motifs is 2. The average molecular weight is 1090 g/mol. The zero-order valence-corrected chi connectivity index (χ0v) is 47.0. The third-order valence-corrected chi connectivity index (χ3v) is 15.3. The Hall–Kier alpha value is -5.14. The lowest BCUT2D eigenvalue weighted by Gasteiger charge is -2.36. The van der Waals surface area contributed by atoms with Crippen molar-refractivity contribution in [2.24, 2.45) is 16.7 Å². The number of hydrogen-bond donors (Lipinski definition) is 8. The summed E-state index contributed by atoms with van der Waals surface area (Å²) in [6.45, 7) is 14.2. The average Bonchev–Trinajstić information content (AvgIpc) is 3.98. The molecule has 2 aliphatic carbocycles. The molecule has 0 saturated carbocycles. The minimum absolute atomic E-state index is 0. The van der Waals surface area contributed by atoms with Crippen molar-refractivity contribution < 1.29 is 43.5 Å². The van der Waals surface area contributed by atoms with Crippen LogP contribution < -0.4 is 37.2 Å². The number of nitrogens with zero attached hydrogens (tertiary/aromatic N) is 2. The maximum Gasteiger partial charge on any atom is 0.246 e. The van der Waals surface area contributed by atoms with Crippen molar-refractivity contribution in [2.45, 2.75) is 180 Å². The van der Waals surface area contributed by atoms with Gasteiger partial charge in [0, 0.05) is 25.6 Å². The lowest BCUT2D eigenvalue weighted by Crippen LogP contribution is -2.59. The molecule has 6 rings (SSSR count). The first-order chi connectivity index (χ1) is 34.4. The van der Waals surface area contributed by atoms with E-state index < -0.39 is 107 Å². The summed E-state index contributed by atoms with van der Waals surface area (Å²) in [6.07, 6.45) is 2.52. The molecule has 2 saturated heterocycles. The fraction of sp³-hybridized carbons (Fsp3) is 0.636. The molecule has 2 aliphatic heterocycles. The number of aliphatic hydroxyl groups excluding tert-OH is 1. The van der Waals surface area contributed by atoms with Crippen molar-refractivity contribution in [3.8, 4) is 0 Å². The number of aliphatic hydroxyl groups is 1. The number of benzene rings is 2. The van der Waals surface area contributed by atoms with Crippen LogP contribution in [0.5, 0.6) is 0 Å². The topological polar surface area (TPSA) is 247 Å². The van der Waals surface area contributed by atoms with Crippen molar-refractivity contribution in [3.05, 3.63) is 70.8 Å². The number of hydrogen-bond acceptors (Lipinski definition) is 11. The van der Waals surface area contributed by atoms with E-state index >= 15 is 0 Å². The highest BCUT2D eigenvalue weighted by atomic mass is 35.5. The molecular weight excluding hydrogens is 1000 g/mol. The monoisotopic (exact) mass is 1080 g/mol. The lowest BCUT2D eigenvalue weighted by molar-refractivity contribution is -0.144. The van der Waals surface area contributed by atoms with Crippen LogP contribution in [0, 0.1) is 16.7 Å². The third-order valence-electron chi connectivity index (χ3n) is 15.3. The predicted molar refractivity (Wildman–Crippen MR) is 291 cm³/mol. The Bertz CT molecular complexity index is 2380. The maximum atomic E-state index is 14.6. The highest BCUT2D eigenvalue weighted by Crippen LogP contribution is 2.35. The highest BCUT2D eigenvalue weighted by Gasteiger charge is 2.48. The molecule has 2 aromatic rings. The third kappa shape index (κ3) is 15.5. The second kappa shape index (κ2) is 26.8. The molecule has 2 heterocycles. The quantitative estimate of drug-likeness (QED) is 0.107. The highest BCUT2D eigenvalue weighted by molar-refractivity contribution is 5.96. The molecule has 3 unspecified atom stereocenters. The molecule has 2 fully saturated rings. The number of likely N-dealkylation sites (tertiary alicyclic amines) is 2. The molecule has 18 nitrogen and oxygen atoms in total. The van der Waals surface area contributed by atoms with E-state index in [1.54, 1.807) is 27.9 Å². The number of carbonyl (C=O) groups excluding carboxylic acids is 8. The smallest absolute Gasteiger partial charge is 0.246 e. The molecule has 75 heavy (non-hydrogen) atoms. The molecule has 0 radical (unpaired) electrons. The number of aryl methyl sites for hydroxylation is 2. The maximum absolute atomic E-state index is 14.6. The van der Waals surface area contributed by atoms with E-state index in [0.717, 1.165) is 47.9 Å². The van der Waals surface area contributed by atoms with E-state index in [2.05, 4.69) is 37.2 Å². The number of halogens is 2. The zero-order chi connectivity index (χ0) is 53.5.